The molecule has 22 heavy (non-hydrogen) atoms. The summed E-state index contributed by atoms with van der Waals surface area (Å²) in [5.74, 6) is -1.47. The van der Waals surface area contributed by atoms with E-state index in [1.807, 2.05) is 6.92 Å². The first kappa shape index (κ1) is 10.6. The number of aliphatic hydroxyl groups is 3. The third kappa shape index (κ3) is 1.75. The normalized spacial score (nSPS) is 51.6. The molecular weight excluding hydrogens is 280 g/mol. The molecule has 4 nitrogen and oxygen atoms in total. The SMILES string of the molecule is [2H]c1cc2c(c([2H])c1O)C([2H])([2H])C[C@H]1[C@@H]3[C@@H](O)[C@@H](O)[C@H](O)[C@@]3(C)CC[C@H]21. The van der Waals surface area contributed by atoms with Crippen molar-refractivity contribution < 1.29 is 25.9 Å². The molecule has 0 spiro atoms. The van der Waals surface area contributed by atoms with E-state index in [1.54, 1.807) is 0 Å². The number of rotatable bonds is 0. The van der Waals surface area contributed by atoms with Gasteiger partial charge in [0, 0.05) is 8.16 Å². The number of phenolic OH excluding ortho intramolecular Hbond substituents is 1. The minimum absolute atomic E-state index is 0.0457. The van der Waals surface area contributed by atoms with E-state index in [9.17, 15) is 20.4 Å². The summed E-state index contributed by atoms with van der Waals surface area (Å²) in [7, 11) is 0. The van der Waals surface area contributed by atoms with E-state index in [2.05, 4.69) is 0 Å². The largest absolute Gasteiger partial charge is 0.508 e. The summed E-state index contributed by atoms with van der Waals surface area (Å²) >= 11 is 0. The molecule has 2 saturated carbocycles. The first-order chi connectivity index (χ1) is 12.0. The number of aliphatic hydroxyl groups excluding tert-OH is 3. The van der Waals surface area contributed by atoms with Crippen molar-refractivity contribution in [3.8, 4) is 5.75 Å². The Morgan fingerprint density at radius 1 is 1.27 bits per heavy atom. The number of hydrogen-bond acceptors (Lipinski definition) is 4. The summed E-state index contributed by atoms with van der Waals surface area (Å²) < 4.78 is 33.0. The fourth-order valence-electron chi connectivity index (χ4n) is 5.12. The van der Waals surface area contributed by atoms with Crippen LogP contribution in [0.2, 0.25) is 0 Å². The number of phenols is 1. The van der Waals surface area contributed by atoms with Crippen LogP contribution < -0.4 is 0 Å². The van der Waals surface area contributed by atoms with Gasteiger partial charge in [-0.2, -0.15) is 0 Å². The van der Waals surface area contributed by atoms with Crippen LogP contribution in [-0.2, 0) is 6.37 Å². The van der Waals surface area contributed by atoms with Gasteiger partial charge in [-0.3, -0.25) is 0 Å². The topological polar surface area (TPSA) is 80.9 Å². The standard InChI is InChI=1S/C18H24O4/c1-18-7-6-12-11-5-3-10(19)8-9(11)2-4-13(12)14(18)15(20)16(21)17(18)22/h3,5,8,12-17,19-22H,2,4,6-7H2,1H3/t12-,13-,14-,15-,16-,17+,18+/m1/s1/i2D2,3D,8D. The smallest absolute Gasteiger partial charge is 0.115 e. The van der Waals surface area contributed by atoms with Crippen molar-refractivity contribution >= 4 is 0 Å². The summed E-state index contributed by atoms with van der Waals surface area (Å²) in [4.78, 5) is 0. The lowest BCUT2D eigenvalue weighted by atomic mass is 9.55. The molecule has 120 valence electrons. The average molecular weight is 308 g/mol. The Morgan fingerprint density at radius 2 is 2.05 bits per heavy atom. The maximum Gasteiger partial charge on any atom is 0.115 e. The van der Waals surface area contributed by atoms with Gasteiger partial charge >= 0.3 is 0 Å². The fourth-order valence-corrected chi connectivity index (χ4v) is 5.12. The lowest BCUT2D eigenvalue weighted by Gasteiger charge is -2.50. The quantitative estimate of drug-likeness (QED) is 0.586. The highest BCUT2D eigenvalue weighted by Crippen LogP contribution is 2.60. The maximum absolute atomic E-state index is 10.6. The van der Waals surface area contributed by atoms with Crippen LogP contribution in [0.1, 0.15) is 48.7 Å². The zero-order valence-corrected chi connectivity index (χ0v) is 12.5. The summed E-state index contributed by atoms with van der Waals surface area (Å²) in [5.41, 5.74) is -0.0217. The number of benzene rings is 1. The third-order valence-electron chi connectivity index (χ3n) is 6.26. The average Bonchev–Trinajstić information content (AvgIpc) is 2.73. The molecule has 1 aromatic rings. The first-order valence-corrected chi connectivity index (χ1v) is 7.88. The molecule has 4 rings (SSSR count). The Bertz CT molecular complexity index is 770. The molecule has 3 aliphatic carbocycles. The van der Waals surface area contributed by atoms with E-state index in [0.717, 1.165) is 0 Å². The number of hydrogen-bond donors (Lipinski definition) is 4. The molecule has 0 radical (unpaired) electrons. The van der Waals surface area contributed by atoms with Crippen LogP contribution in [0.3, 0.4) is 0 Å². The van der Waals surface area contributed by atoms with Crippen LogP contribution in [0.4, 0.5) is 0 Å². The van der Waals surface area contributed by atoms with Crippen LogP contribution in [0.25, 0.3) is 0 Å². The number of aromatic hydroxyl groups is 1. The van der Waals surface area contributed by atoms with E-state index in [4.69, 9.17) is 5.48 Å². The predicted molar refractivity (Wildman–Crippen MR) is 81.5 cm³/mol. The lowest BCUT2D eigenvalue weighted by Crippen LogP contribution is -2.46. The molecule has 4 heteroatoms. The van der Waals surface area contributed by atoms with Gasteiger partial charge in [0.2, 0.25) is 0 Å². The van der Waals surface area contributed by atoms with E-state index in [0.29, 0.717) is 18.4 Å². The molecule has 4 N–H and O–H groups in total. The molecule has 0 aliphatic heterocycles. The van der Waals surface area contributed by atoms with Gasteiger partial charge in [-0.1, -0.05) is 13.0 Å². The predicted octanol–water partition coefficient (Wildman–Crippen LogP) is 1.55. The highest BCUT2D eigenvalue weighted by Gasteiger charge is 2.62. The molecule has 3 aliphatic rings. The summed E-state index contributed by atoms with van der Waals surface area (Å²) in [5, 5.41) is 41.2. The zero-order valence-electron chi connectivity index (χ0n) is 16.5. The number of fused-ring (bicyclic) bond motifs is 5. The monoisotopic (exact) mass is 308 g/mol. The van der Waals surface area contributed by atoms with Crippen molar-refractivity contribution in [1.29, 1.82) is 0 Å². The minimum atomic E-state index is -1.89. The summed E-state index contributed by atoms with van der Waals surface area (Å²) in [6.45, 7) is 1.84. The molecule has 0 bridgehead atoms. The lowest BCUT2D eigenvalue weighted by molar-refractivity contribution is -0.0505. The van der Waals surface area contributed by atoms with Gasteiger partial charge in [-0.15, -0.1) is 0 Å². The van der Waals surface area contributed by atoms with Gasteiger partial charge in [-0.05, 0) is 66.6 Å². The van der Waals surface area contributed by atoms with Crippen LogP contribution >= 0.6 is 0 Å². The van der Waals surface area contributed by atoms with Crippen LogP contribution in [0.5, 0.6) is 5.75 Å². The zero-order chi connectivity index (χ0) is 19.2. The third-order valence-corrected chi connectivity index (χ3v) is 6.26. The fraction of sp³-hybridized carbons (Fsp3) is 0.667. The Morgan fingerprint density at radius 3 is 2.82 bits per heavy atom. The molecule has 0 amide bonds. The van der Waals surface area contributed by atoms with E-state index >= 15 is 0 Å². The minimum Gasteiger partial charge on any atom is -0.508 e. The molecular formula is C18H24O4. The van der Waals surface area contributed by atoms with Gasteiger partial charge in [0.15, 0.2) is 0 Å². The van der Waals surface area contributed by atoms with Crippen LogP contribution in [0, 0.1) is 17.3 Å². The molecule has 0 unspecified atom stereocenters. The van der Waals surface area contributed by atoms with E-state index in [1.165, 1.54) is 6.07 Å². The second kappa shape index (κ2) is 4.70. The molecule has 1 aromatic carbocycles. The van der Waals surface area contributed by atoms with Crippen molar-refractivity contribution in [1.82, 2.24) is 0 Å². The molecule has 0 saturated heterocycles. The Balaban J connectivity index is 1.88. The second-order valence-corrected chi connectivity index (χ2v) is 7.24. The molecule has 2 fully saturated rings. The van der Waals surface area contributed by atoms with Gasteiger partial charge in [0.1, 0.15) is 11.9 Å². The van der Waals surface area contributed by atoms with Crippen molar-refractivity contribution in [2.24, 2.45) is 17.3 Å². The summed E-state index contributed by atoms with van der Waals surface area (Å²) in [6.07, 6.45) is -4.13. The van der Waals surface area contributed by atoms with Gasteiger partial charge < -0.3 is 20.4 Å². The molecule has 0 aromatic heterocycles. The maximum atomic E-state index is 10.6. The highest BCUT2D eigenvalue weighted by molar-refractivity contribution is 5.40. The highest BCUT2D eigenvalue weighted by atomic mass is 16.4. The van der Waals surface area contributed by atoms with Crippen molar-refractivity contribution in [3.05, 3.63) is 29.3 Å². The Hall–Kier alpha value is -1.10. The van der Waals surface area contributed by atoms with Gasteiger partial charge in [-0.25, -0.2) is 0 Å². The Kier molecular flexibility index (Phi) is 2.27. The van der Waals surface area contributed by atoms with Crippen LogP contribution in [-0.4, -0.2) is 38.7 Å². The van der Waals surface area contributed by atoms with Gasteiger partial charge in [0.05, 0.1) is 14.9 Å². The van der Waals surface area contributed by atoms with E-state index < -0.39 is 41.8 Å². The second-order valence-electron chi connectivity index (χ2n) is 7.24. The van der Waals surface area contributed by atoms with E-state index in [-0.39, 0.29) is 35.9 Å². The Labute approximate surface area is 136 Å². The van der Waals surface area contributed by atoms with Crippen LogP contribution in [0.15, 0.2) is 18.2 Å². The first-order valence-electron chi connectivity index (χ1n) is 9.88. The van der Waals surface area contributed by atoms with Crippen molar-refractivity contribution in [2.45, 2.75) is 56.8 Å². The van der Waals surface area contributed by atoms with Crippen molar-refractivity contribution in [2.75, 3.05) is 0 Å². The van der Waals surface area contributed by atoms with Gasteiger partial charge in [0.25, 0.3) is 0 Å². The molecule has 7 atom stereocenters. The van der Waals surface area contributed by atoms with Crippen molar-refractivity contribution in [3.63, 3.8) is 0 Å². The summed E-state index contributed by atoms with van der Waals surface area (Å²) in [6, 6.07) is 0.899. The molecule has 0 heterocycles.